The summed E-state index contributed by atoms with van der Waals surface area (Å²) in [5.74, 6) is -0.114. The van der Waals surface area contributed by atoms with Crippen LogP contribution in [0.15, 0.2) is 22.7 Å². The van der Waals surface area contributed by atoms with Gasteiger partial charge in [0.05, 0.1) is 0 Å². The molecule has 1 unspecified atom stereocenters. The zero-order chi connectivity index (χ0) is 14.5. The van der Waals surface area contributed by atoms with Crippen LogP contribution in [0.3, 0.4) is 0 Å². The van der Waals surface area contributed by atoms with Gasteiger partial charge < -0.3 is 5.32 Å². The molecule has 1 N–H and O–H groups in total. The molecule has 0 amide bonds. The van der Waals surface area contributed by atoms with Gasteiger partial charge in [0, 0.05) is 10.5 Å². The van der Waals surface area contributed by atoms with Gasteiger partial charge in [-0.3, -0.25) is 0 Å². The van der Waals surface area contributed by atoms with E-state index in [4.69, 9.17) is 0 Å². The molecule has 0 fully saturated rings. The lowest BCUT2D eigenvalue weighted by Crippen LogP contribution is -2.32. The molecule has 19 heavy (non-hydrogen) atoms. The maximum atomic E-state index is 13.9. The average molecular weight is 330 g/mol. The SMILES string of the molecule is CCCNC(C)CC(C)(C)Cc1ccc(Br)cc1F. The second kappa shape index (κ2) is 7.39. The summed E-state index contributed by atoms with van der Waals surface area (Å²) in [6.45, 7) is 9.83. The molecular formula is C16H25BrFN. The molecule has 1 rings (SSSR count). The maximum Gasteiger partial charge on any atom is 0.127 e. The van der Waals surface area contributed by atoms with Crippen molar-refractivity contribution in [3.05, 3.63) is 34.1 Å². The van der Waals surface area contributed by atoms with Crippen LogP contribution in [0.25, 0.3) is 0 Å². The standard InChI is InChI=1S/C16H25BrFN/c1-5-8-19-12(2)10-16(3,4)11-13-6-7-14(17)9-15(13)18/h6-7,9,12,19H,5,8,10-11H2,1-4H3. The Morgan fingerprint density at radius 2 is 2.05 bits per heavy atom. The fraction of sp³-hybridized carbons (Fsp3) is 0.625. The molecule has 0 saturated carbocycles. The Hall–Kier alpha value is -0.410. The minimum Gasteiger partial charge on any atom is -0.314 e. The van der Waals surface area contributed by atoms with Gasteiger partial charge >= 0.3 is 0 Å². The lowest BCUT2D eigenvalue weighted by atomic mass is 9.80. The molecule has 0 saturated heterocycles. The summed E-state index contributed by atoms with van der Waals surface area (Å²) in [6.07, 6.45) is 2.96. The molecule has 1 atom stereocenters. The van der Waals surface area contributed by atoms with Crippen LogP contribution in [0.2, 0.25) is 0 Å². The van der Waals surface area contributed by atoms with Crippen LogP contribution in [-0.2, 0) is 6.42 Å². The maximum absolute atomic E-state index is 13.9. The van der Waals surface area contributed by atoms with Crippen molar-refractivity contribution < 1.29 is 4.39 Å². The van der Waals surface area contributed by atoms with E-state index in [1.54, 1.807) is 6.07 Å². The average Bonchev–Trinajstić information content (AvgIpc) is 2.29. The van der Waals surface area contributed by atoms with Gasteiger partial charge in [-0.25, -0.2) is 4.39 Å². The highest BCUT2D eigenvalue weighted by atomic mass is 79.9. The van der Waals surface area contributed by atoms with Crippen molar-refractivity contribution in [3.63, 3.8) is 0 Å². The Morgan fingerprint density at radius 3 is 2.63 bits per heavy atom. The first-order valence-electron chi connectivity index (χ1n) is 7.01. The van der Waals surface area contributed by atoms with Crippen molar-refractivity contribution in [1.82, 2.24) is 5.32 Å². The van der Waals surface area contributed by atoms with Crippen molar-refractivity contribution >= 4 is 15.9 Å². The molecule has 0 spiro atoms. The molecule has 0 heterocycles. The molecule has 0 aliphatic carbocycles. The number of halogens is 2. The molecule has 108 valence electrons. The monoisotopic (exact) mass is 329 g/mol. The predicted octanol–water partition coefficient (Wildman–Crippen LogP) is 4.94. The zero-order valence-corrected chi connectivity index (χ0v) is 14.0. The molecule has 0 aliphatic heterocycles. The first-order chi connectivity index (χ1) is 8.84. The van der Waals surface area contributed by atoms with Gasteiger partial charge in [-0.05, 0) is 55.8 Å². The zero-order valence-electron chi connectivity index (χ0n) is 12.4. The minimum atomic E-state index is -0.114. The number of hydrogen-bond donors (Lipinski definition) is 1. The molecule has 0 bridgehead atoms. The second-order valence-electron chi connectivity index (χ2n) is 6.14. The van der Waals surface area contributed by atoms with E-state index < -0.39 is 0 Å². The van der Waals surface area contributed by atoms with Crippen LogP contribution in [0.4, 0.5) is 4.39 Å². The van der Waals surface area contributed by atoms with Gasteiger partial charge in [-0.15, -0.1) is 0 Å². The van der Waals surface area contributed by atoms with E-state index in [0.29, 0.717) is 6.04 Å². The largest absolute Gasteiger partial charge is 0.314 e. The molecule has 0 radical (unpaired) electrons. The van der Waals surface area contributed by atoms with Crippen LogP contribution in [-0.4, -0.2) is 12.6 Å². The minimum absolute atomic E-state index is 0.0921. The Kier molecular flexibility index (Phi) is 6.48. The van der Waals surface area contributed by atoms with E-state index in [1.807, 2.05) is 12.1 Å². The summed E-state index contributed by atoms with van der Waals surface area (Å²) in [7, 11) is 0. The van der Waals surface area contributed by atoms with Crippen LogP contribution in [0.5, 0.6) is 0 Å². The third-order valence-corrected chi connectivity index (χ3v) is 3.78. The predicted molar refractivity (Wildman–Crippen MR) is 84.0 cm³/mol. The lowest BCUT2D eigenvalue weighted by molar-refractivity contribution is 0.284. The van der Waals surface area contributed by atoms with Crippen LogP contribution in [0, 0.1) is 11.2 Å². The Morgan fingerprint density at radius 1 is 1.37 bits per heavy atom. The molecule has 0 aliphatic rings. The third kappa shape index (κ3) is 6.05. The highest BCUT2D eigenvalue weighted by molar-refractivity contribution is 9.10. The highest BCUT2D eigenvalue weighted by Gasteiger charge is 2.22. The quantitative estimate of drug-likeness (QED) is 0.747. The van der Waals surface area contributed by atoms with Gasteiger partial charge in [0.1, 0.15) is 5.82 Å². The number of benzene rings is 1. The Labute approximate surface area is 125 Å². The first kappa shape index (κ1) is 16.6. The summed E-state index contributed by atoms with van der Waals surface area (Å²) < 4.78 is 14.7. The molecule has 1 aromatic carbocycles. The van der Waals surface area contributed by atoms with Crippen LogP contribution >= 0.6 is 15.9 Å². The highest BCUT2D eigenvalue weighted by Crippen LogP contribution is 2.29. The fourth-order valence-electron chi connectivity index (χ4n) is 2.54. The van der Waals surface area contributed by atoms with Crippen LogP contribution < -0.4 is 5.32 Å². The van der Waals surface area contributed by atoms with Crippen molar-refractivity contribution in [2.75, 3.05) is 6.54 Å². The van der Waals surface area contributed by atoms with Gasteiger partial charge in [0.25, 0.3) is 0 Å². The van der Waals surface area contributed by atoms with Crippen molar-refractivity contribution in [2.24, 2.45) is 5.41 Å². The normalized spacial score (nSPS) is 13.6. The van der Waals surface area contributed by atoms with Gasteiger partial charge in [-0.2, -0.15) is 0 Å². The van der Waals surface area contributed by atoms with E-state index in [2.05, 4.69) is 48.9 Å². The van der Waals surface area contributed by atoms with E-state index in [0.717, 1.165) is 35.8 Å². The second-order valence-corrected chi connectivity index (χ2v) is 7.05. The molecule has 1 nitrogen and oxygen atoms in total. The molecular weight excluding hydrogens is 305 g/mol. The van der Waals surface area contributed by atoms with E-state index in [9.17, 15) is 4.39 Å². The van der Waals surface area contributed by atoms with E-state index >= 15 is 0 Å². The first-order valence-corrected chi connectivity index (χ1v) is 7.80. The lowest BCUT2D eigenvalue weighted by Gasteiger charge is -2.29. The third-order valence-electron chi connectivity index (χ3n) is 3.29. The smallest absolute Gasteiger partial charge is 0.127 e. The van der Waals surface area contributed by atoms with E-state index in [1.165, 1.54) is 0 Å². The topological polar surface area (TPSA) is 12.0 Å². The number of hydrogen-bond acceptors (Lipinski definition) is 1. The molecule has 0 aromatic heterocycles. The summed E-state index contributed by atoms with van der Waals surface area (Å²) >= 11 is 3.29. The van der Waals surface area contributed by atoms with E-state index in [-0.39, 0.29) is 11.2 Å². The molecule has 1 aromatic rings. The van der Waals surface area contributed by atoms with Gasteiger partial charge in [0.15, 0.2) is 0 Å². The summed E-state index contributed by atoms with van der Waals surface area (Å²) in [4.78, 5) is 0. The van der Waals surface area contributed by atoms with Gasteiger partial charge in [-0.1, -0.05) is 42.8 Å². The fourth-order valence-corrected chi connectivity index (χ4v) is 2.88. The van der Waals surface area contributed by atoms with Crippen molar-refractivity contribution in [2.45, 2.75) is 53.0 Å². The summed E-state index contributed by atoms with van der Waals surface area (Å²) in [5.41, 5.74) is 0.894. The molecule has 3 heteroatoms. The number of nitrogens with one attached hydrogen (secondary N) is 1. The van der Waals surface area contributed by atoms with Crippen molar-refractivity contribution in [3.8, 4) is 0 Å². The Bertz CT molecular complexity index is 404. The summed E-state index contributed by atoms with van der Waals surface area (Å²) in [6, 6.07) is 5.80. The Balaban J connectivity index is 2.62. The van der Waals surface area contributed by atoms with Crippen molar-refractivity contribution in [1.29, 1.82) is 0 Å². The van der Waals surface area contributed by atoms with Gasteiger partial charge in [0.2, 0.25) is 0 Å². The number of rotatable bonds is 7. The van der Waals surface area contributed by atoms with Crippen LogP contribution in [0.1, 0.15) is 46.1 Å². The summed E-state index contributed by atoms with van der Waals surface area (Å²) in [5, 5.41) is 3.50.